The number of hydrogen-bond donors (Lipinski definition) is 0. The van der Waals surface area contributed by atoms with Crippen LogP contribution >= 0.6 is 0 Å². The zero-order valence-corrected chi connectivity index (χ0v) is 30.3. The fourth-order valence-corrected chi connectivity index (χ4v) is 8.78. The van der Waals surface area contributed by atoms with Crippen molar-refractivity contribution < 1.29 is 0 Å². The summed E-state index contributed by atoms with van der Waals surface area (Å²) in [4.78, 5) is 3.89. The van der Waals surface area contributed by atoms with Crippen LogP contribution in [-0.4, -0.2) is 13.7 Å². The second-order valence-corrected chi connectivity index (χ2v) is 14.3. The first kappa shape index (κ1) is 32.1. The molecule has 0 aliphatic carbocycles. The summed E-state index contributed by atoms with van der Waals surface area (Å²) in [7, 11) is 0. The number of aromatic nitrogens is 3. The van der Waals surface area contributed by atoms with Gasteiger partial charge in [0.15, 0.2) is 5.69 Å². The number of benzene rings is 8. The Kier molecular flexibility index (Phi) is 6.95. The lowest BCUT2D eigenvalue weighted by atomic mass is 10.0. The minimum atomic E-state index is 0.580. The number of hydrogen-bond acceptors (Lipinski definition) is 2. The molecule has 0 atom stereocenters. The summed E-state index contributed by atoms with van der Waals surface area (Å²) in [5.41, 5.74) is 13.1. The molecule has 57 heavy (non-hydrogen) atoms. The zero-order chi connectivity index (χ0) is 38.2. The van der Waals surface area contributed by atoms with Crippen LogP contribution < -0.4 is 0 Å². The van der Waals surface area contributed by atoms with Gasteiger partial charge in [-0.1, -0.05) is 66.7 Å². The third kappa shape index (κ3) is 4.81. The van der Waals surface area contributed by atoms with Gasteiger partial charge < -0.3 is 13.7 Å². The van der Waals surface area contributed by atoms with Gasteiger partial charge >= 0.3 is 0 Å². The van der Waals surface area contributed by atoms with Crippen molar-refractivity contribution in [1.82, 2.24) is 13.7 Å². The van der Waals surface area contributed by atoms with Gasteiger partial charge in [0.25, 0.3) is 0 Å². The van der Waals surface area contributed by atoms with Gasteiger partial charge in [0.2, 0.25) is 0 Å². The second kappa shape index (κ2) is 12.3. The summed E-state index contributed by atoms with van der Waals surface area (Å²) in [5, 5.41) is 25.9. The molecule has 0 N–H and O–H groups in total. The normalized spacial score (nSPS) is 11.5. The Morgan fingerprint density at radius 2 is 0.807 bits per heavy atom. The fourth-order valence-electron chi connectivity index (χ4n) is 8.78. The number of nitrogens with zero attached hydrogens (tertiary/aromatic N) is 6. The maximum absolute atomic E-state index is 9.69. The van der Waals surface area contributed by atoms with E-state index in [0.717, 1.165) is 82.8 Å². The van der Waals surface area contributed by atoms with E-state index >= 15 is 0 Å². The van der Waals surface area contributed by atoms with E-state index in [1.165, 1.54) is 10.8 Å². The van der Waals surface area contributed by atoms with E-state index < -0.39 is 0 Å². The van der Waals surface area contributed by atoms with Gasteiger partial charge in [-0.3, -0.25) is 0 Å². The minimum absolute atomic E-state index is 0.580. The molecule has 3 heterocycles. The van der Waals surface area contributed by atoms with Crippen LogP contribution in [0.1, 0.15) is 11.1 Å². The third-order valence-electron chi connectivity index (χ3n) is 11.3. The predicted octanol–water partition coefficient (Wildman–Crippen LogP) is 12.9. The highest BCUT2D eigenvalue weighted by Crippen LogP contribution is 2.39. The summed E-state index contributed by atoms with van der Waals surface area (Å²) in [6, 6.07) is 62.7. The van der Waals surface area contributed by atoms with Crippen molar-refractivity contribution >= 4 is 71.1 Å². The Balaban J connectivity index is 1.04. The zero-order valence-electron chi connectivity index (χ0n) is 30.3. The van der Waals surface area contributed by atoms with E-state index in [1.54, 1.807) is 0 Å². The van der Waals surface area contributed by atoms with Gasteiger partial charge in [-0.05, 0) is 114 Å². The van der Waals surface area contributed by atoms with Crippen molar-refractivity contribution in [1.29, 1.82) is 10.5 Å². The van der Waals surface area contributed by atoms with Gasteiger partial charge in [-0.15, -0.1) is 0 Å². The highest BCUT2D eigenvalue weighted by atomic mass is 15.0. The molecule has 0 unspecified atom stereocenters. The molecule has 0 saturated heterocycles. The van der Waals surface area contributed by atoms with E-state index in [0.29, 0.717) is 16.8 Å². The molecular formula is C51H28N6. The largest absolute Gasteiger partial charge is 0.310 e. The molecule has 11 rings (SSSR count). The molecule has 0 radical (unpaired) electrons. The van der Waals surface area contributed by atoms with Crippen LogP contribution in [0.25, 0.3) is 98.5 Å². The molecule has 8 aromatic carbocycles. The van der Waals surface area contributed by atoms with E-state index in [1.807, 2.05) is 48.5 Å². The standard InChI is InChI=1S/C51H28N6/c1-54-36-26-35(27-39(28-36)57-46-11-5-2-8-40(46)41-9-3-6-12-47(41)57)34-16-18-37(19-17-34)55-48-13-7-4-10-42(48)45-29-38(20-23-51(45)55)56-49-21-14-32(30-52)24-43(49)44-25-33(31-53)15-22-50(44)56/h2-29H. The van der Waals surface area contributed by atoms with E-state index in [-0.39, 0.29) is 0 Å². The lowest BCUT2D eigenvalue weighted by Gasteiger charge is -2.13. The molecule has 6 nitrogen and oxygen atoms in total. The van der Waals surface area contributed by atoms with E-state index in [9.17, 15) is 10.5 Å². The van der Waals surface area contributed by atoms with Crippen molar-refractivity contribution in [3.05, 3.63) is 192 Å². The van der Waals surface area contributed by atoms with Crippen LogP contribution in [0, 0.1) is 29.2 Å². The lowest BCUT2D eigenvalue weighted by molar-refractivity contribution is 1.16. The molecular weight excluding hydrogens is 697 g/mol. The highest BCUT2D eigenvalue weighted by Gasteiger charge is 2.18. The second-order valence-electron chi connectivity index (χ2n) is 14.3. The number of para-hydroxylation sites is 3. The minimum Gasteiger partial charge on any atom is -0.310 e. The smallest absolute Gasteiger partial charge is 0.189 e. The first-order valence-electron chi connectivity index (χ1n) is 18.7. The van der Waals surface area contributed by atoms with Crippen molar-refractivity contribution in [2.24, 2.45) is 0 Å². The van der Waals surface area contributed by atoms with Gasteiger partial charge in [0.1, 0.15) is 0 Å². The first-order chi connectivity index (χ1) is 28.1. The Hall–Kier alpha value is -8.37. The van der Waals surface area contributed by atoms with Crippen molar-refractivity contribution in [2.75, 3.05) is 0 Å². The predicted molar refractivity (Wildman–Crippen MR) is 231 cm³/mol. The molecule has 0 amide bonds. The van der Waals surface area contributed by atoms with Crippen LogP contribution in [0.15, 0.2) is 170 Å². The first-order valence-corrected chi connectivity index (χ1v) is 18.7. The topological polar surface area (TPSA) is 66.7 Å². The number of fused-ring (bicyclic) bond motifs is 9. The van der Waals surface area contributed by atoms with Crippen LogP contribution in [0.5, 0.6) is 0 Å². The summed E-state index contributed by atoms with van der Waals surface area (Å²) >= 11 is 0. The Morgan fingerprint density at radius 3 is 1.35 bits per heavy atom. The highest BCUT2D eigenvalue weighted by molar-refractivity contribution is 6.13. The maximum Gasteiger partial charge on any atom is 0.189 e. The van der Waals surface area contributed by atoms with Gasteiger partial charge in [0, 0.05) is 49.4 Å². The summed E-state index contributed by atoms with van der Waals surface area (Å²) in [5.74, 6) is 0. The summed E-state index contributed by atoms with van der Waals surface area (Å²) in [6.45, 7) is 7.99. The molecule has 3 aromatic heterocycles. The monoisotopic (exact) mass is 724 g/mol. The Bertz CT molecular complexity index is 3490. The van der Waals surface area contributed by atoms with Gasteiger partial charge in [-0.2, -0.15) is 10.5 Å². The van der Waals surface area contributed by atoms with Gasteiger partial charge in [-0.25, -0.2) is 4.85 Å². The average Bonchev–Trinajstić information content (AvgIpc) is 3.91. The molecule has 11 aromatic rings. The maximum atomic E-state index is 9.69. The number of rotatable bonds is 4. The molecule has 0 saturated carbocycles. The average molecular weight is 725 g/mol. The van der Waals surface area contributed by atoms with Gasteiger partial charge in [0.05, 0.1) is 62.9 Å². The van der Waals surface area contributed by atoms with Crippen molar-refractivity contribution in [2.45, 2.75) is 0 Å². The van der Waals surface area contributed by atoms with Crippen molar-refractivity contribution in [3.63, 3.8) is 0 Å². The molecule has 0 fully saturated rings. The lowest BCUT2D eigenvalue weighted by Crippen LogP contribution is -1.96. The summed E-state index contributed by atoms with van der Waals surface area (Å²) in [6.07, 6.45) is 0. The Labute approximate surface area is 326 Å². The molecule has 0 spiro atoms. The van der Waals surface area contributed by atoms with Crippen LogP contribution in [0.4, 0.5) is 5.69 Å². The van der Waals surface area contributed by atoms with Crippen LogP contribution in [0.2, 0.25) is 0 Å². The SMILES string of the molecule is [C-]#[N+]c1cc(-c2ccc(-n3c4ccccc4c4cc(-n5c6ccc(C#N)cc6c6cc(C#N)ccc65)ccc43)cc2)cc(-n2c3ccccc3c3ccccc32)c1. The fraction of sp³-hybridized carbons (Fsp3) is 0. The van der Waals surface area contributed by atoms with Crippen molar-refractivity contribution in [3.8, 4) is 40.3 Å². The van der Waals surface area contributed by atoms with E-state index in [4.69, 9.17) is 6.57 Å². The molecule has 262 valence electrons. The quantitative estimate of drug-likeness (QED) is 0.170. The van der Waals surface area contributed by atoms with Crippen LogP contribution in [-0.2, 0) is 0 Å². The molecule has 0 aliphatic heterocycles. The number of nitriles is 2. The Morgan fingerprint density at radius 1 is 0.368 bits per heavy atom. The third-order valence-corrected chi connectivity index (χ3v) is 11.3. The molecule has 6 heteroatoms. The molecule has 0 bridgehead atoms. The molecule has 0 aliphatic rings. The van der Waals surface area contributed by atoms with Crippen LogP contribution in [0.3, 0.4) is 0 Å². The van der Waals surface area contributed by atoms with E-state index in [2.05, 4.69) is 152 Å². The summed E-state index contributed by atoms with van der Waals surface area (Å²) < 4.78 is 6.79.